The fourth-order valence-electron chi connectivity index (χ4n) is 2.55. The van der Waals surface area contributed by atoms with Crippen molar-refractivity contribution in [3.05, 3.63) is 0 Å². The molecule has 0 aliphatic carbocycles. The van der Waals surface area contributed by atoms with Gasteiger partial charge in [-0.3, -0.25) is 0 Å². The van der Waals surface area contributed by atoms with E-state index in [0.29, 0.717) is 5.41 Å². The molecule has 0 radical (unpaired) electrons. The molecule has 0 nitrogen and oxygen atoms in total. The predicted octanol–water partition coefficient (Wildman–Crippen LogP) is 4.10. The van der Waals surface area contributed by atoms with Crippen LogP contribution in [0.25, 0.3) is 0 Å². The Morgan fingerprint density at radius 3 is 1.09 bits per heavy atom. The molecule has 0 aromatic carbocycles. The molecule has 0 amide bonds. The first-order valence-corrected chi connectivity index (χ1v) is 5.01. The van der Waals surface area contributed by atoms with E-state index < -0.39 is 0 Å². The van der Waals surface area contributed by atoms with E-state index in [4.69, 9.17) is 0 Å². The summed E-state index contributed by atoms with van der Waals surface area (Å²) in [5.74, 6) is 1.63. The van der Waals surface area contributed by atoms with E-state index in [9.17, 15) is 0 Å². The van der Waals surface area contributed by atoms with Crippen LogP contribution in [-0.4, -0.2) is 0 Å². The molecule has 0 aliphatic rings. The Hall–Kier alpha value is 0. The van der Waals surface area contributed by atoms with E-state index in [1.54, 1.807) is 0 Å². The quantitative estimate of drug-likeness (QED) is 0.574. The molecule has 0 rings (SSSR count). The summed E-state index contributed by atoms with van der Waals surface area (Å²) in [5, 5.41) is 0. The first-order chi connectivity index (χ1) is 5.01. The van der Waals surface area contributed by atoms with Crippen LogP contribution in [-0.2, 0) is 0 Å². The highest BCUT2D eigenvalue weighted by Gasteiger charge is 2.32. The Labute approximate surface area is 72.4 Å². The molecule has 68 valence electrons. The highest BCUT2D eigenvalue weighted by Crippen LogP contribution is 2.41. The van der Waals surface area contributed by atoms with Gasteiger partial charge in [0.2, 0.25) is 0 Å². The molecule has 0 unspecified atom stereocenters. The minimum atomic E-state index is 0.583. The van der Waals surface area contributed by atoms with Gasteiger partial charge < -0.3 is 0 Å². The van der Waals surface area contributed by atoms with Crippen LogP contribution in [0.3, 0.4) is 0 Å². The van der Waals surface area contributed by atoms with Crippen LogP contribution in [0, 0.1) is 17.3 Å². The molecule has 0 fully saturated rings. The second kappa shape index (κ2) is 4.13. The second-order valence-electron chi connectivity index (χ2n) is 4.25. The summed E-state index contributed by atoms with van der Waals surface area (Å²) >= 11 is 0. The van der Waals surface area contributed by atoms with E-state index in [2.05, 4.69) is 41.5 Å². The van der Waals surface area contributed by atoms with Crippen LogP contribution in [0.1, 0.15) is 54.4 Å². The summed E-state index contributed by atoms with van der Waals surface area (Å²) in [6, 6.07) is 0. The molecule has 0 aromatic rings. The van der Waals surface area contributed by atoms with Gasteiger partial charge in [-0.2, -0.15) is 0 Å². The molecule has 0 spiro atoms. The summed E-state index contributed by atoms with van der Waals surface area (Å²) in [6.45, 7) is 14.1. The van der Waals surface area contributed by atoms with Crippen LogP contribution in [0.4, 0.5) is 0 Å². The smallest absolute Gasteiger partial charge is 0.0257 e. The monoisotopic (exact) mass is 156 g/mol. The number of hydrogen-bond donors (Lipinski definition) is 0. The summed E-state index contributed by atoms with van der Waals surface area (Å²) in [6.07, 6.45) is 2.64. The zero-order valence-corrected chi connectivity index (χ0v) is 9.07. The van der Waals surface area contributed by atoms with Crippen molar-refractivity contribution in [2.24, 2.45) is 17.3 Å². The summed E-state index contributed by atoms with van der Waals surface area (Å²) < 4.78 is 0. The van der Waals surface area contributed by atoms with Gasteiger partial charge in [0.05, 0.1) is 0 Å². The molecule has 0 aromatic heterocycles. The summed E-state index contributed by atoms with van der Waals surface area (Å²) in [4.78, 5) is 0. The first-order valence-electron chi connectivity index (χ1n) is 5.01. The van der Waals surface area contributed by atoms with E-state index >= 15 is 0 Å². The molecule has 0 atom stereocenters. The molecule has 0 heteroatoms. The fraction of sp³-hybridized carbons (Fsp3) is 1.00. The lowest BCUT2D eigenvalue weighted by atomic mass is 9.65. The van der Waals surface area contributed by atoms with Crippen molar-refractivity contribution in [1.82, 2.24) is 0 Å². The molecule has 0 N–H and O–H groups in total. The Morgan fingerprint density at radius 1 is 0.818 bits per heavy atom. The van der Waals surface area contributed by atoms with Gasteiger partial charge in [0.15, 0.2) is 0 Å². The van der Waals surface area contributed by atoms with Gasteiger partial charge in [-0.25, -0.2) is 0 Å². The van der Waals surface area contributed by atoms with Crippen molar-refractivity contribution < 1.29 is 0 Å². The maximum atomic E-state index is 2.35. The third-order valence-corrected chi connectivity index (χ3v) is 3.62. The average Bonchev–Trinajstić information content (AvgIpc) is 1.90. The zero-order chi connectivity index (χ0) is 9.07. The van der Waals surface area contributed by atoms with E-state index in [0.717, 1.165) is 11.8 Å². The van der Waals surface area contributed by atoms with Gasteiger partial charge in [-0.05, 0) is 30.1 Å². The maximum absolute atomic E-state index is 2.35. The molecule has 0 aliphatic heterocycles. The molecule has 0 saturated carbocycles. The summed E-state index contributed by atoms with van der Waals surface area (Å²) in [5.41, 5.74) is 0.583. The third kappa shape index (κ3) is 1.98. The maximum Gasteiger partial charge on any atom is -0.0257 e. The second-order valence-corrected chi connectivity index (χ2v) is 4.25. The molecular formula is C11H24. The van der Waals surface area contributed by atoms with Crippen LogP contribution in [0.15, 0.2) is 0 Å². The van der Waals surface area contributed by atoms with Crippen molar-refractivity contribution in [3.63, 3.8) is 0 Å². The van der Waals surface area contributed by atoms with Crippen LogP contribution in [0.2, 0.25) is 0 Å². The molecule has 0 heterocycles. The Bertz CT molecular complexity index is 86.6. The van der Waals surface area contributed by atoms with Gasteiger partial charge in [0.1, 0.15) is 0 Å². The lowest BCUT2D eigenvalue weighted by Crippen LogP contribution is -2.31. The predicted molar refractivity (Wildman–Crippen MR) is 52.7 cm³/mol. The van der Waals surface area contributed by atoms with Gasteiger partial charge in [-0.1, -0.05) is 41.5 Å². The third-order valence-electron chi connectivity index (χ3n) is 3.62. The minimum absolute atomic E-state index is 0.583. The standard InChI is InChI=1S/C11H24/c1-7-11(8-2,9(3)4)10(5)6/h9-10H,7-8H2,1-6H3. The highest BCUT2D eigenvalue weighted by molar-refractivity contribution is 4.82. The topological polar surface area (TPSA) is 0 Å². The Morgan fingerprint density at radius 2 is 1.09 bits per heavy atom. The van der Waals surface area contributed by atoms with Gasteiger partial charge in [0.25, 0.3) is 0 Å². The molecule has 11 heavy (non-hydrogen) atoms. The van der Waals surface area contributed by atoms with Crippen molar-refractivity contribution in [3.8, 4) is 0 Å². The number of hydrogen-bond acceptors (Lipinski definition) is 0. The molecular weight excluding hydrogens is 132 g/mol. The molecule has 0 saturated heterocycles. The normalized spacial score (nSPS) is 13.1. The largest absolute Gasteiger partial charge is 0.0648 e. The Balaban J connectivity index is 4.46. The molecule has 0 bridgehead atoms. The Kier molecular flexibility index (Phi) is 4.13. The minimum Gasteiger partial charge on any atom is -0.0648 e. The summed E-state index contributed by atoms with van der Waals surface area (Å²) in [7, 11) is 0. The van der Waals surface area contributed by atoms with Crippen molar-refractivity contribution >= 4 is 0 Å². The van der Waals surface area contributed by atoms with Crippen molar-refractivity contribution in [2.75, 3.05) is 0 Å². The lowest BCUT2D eigenvalue weighted by molar-refractivity contribution is 0.0991. The van der Waals surface area contributed by atoms with E-state index in [-0.39, 0.29) is 0 Å². The van der Waals surface area contributed by atoms with Crippen molar-refractivity contribution in [2.45, 2.75) is 54.4 Å². The number of rotatable bonds is 4. The lowest BCUT2D eigenvalue weighted by Gasteiger charge is -2.40. The highest BCUT2D eigenvalue weighted by atomic mass is 14.4. The fourth-order valence-corrected chi connectivity index (χ4v) is 2.55. The van der Waals surface area contributed by atoms with Crippen LogP contribution < -0.4 is 0 Å². The van der Waals surface area contributed by atoms with Gasteiger partial charge in [-0.15, -0.1) is 0 Å². The van der Waals surface area contributed by atoms with E-state index in [1.807, 2.05) is 0 Å². The van der Waals surface area contributed by atoms with Gasteiger partial charge >= 0.3 is 0 Å². The van der Waals surface area contributed by atoms with Crippen LogP contribution >= 0.6 is 0 Å². The first kappa shape index (κ1) is 11.0. The van der Waals surface area contributed by atoms with E-state index in [1.165, 1.54) is 12.8 Å². The van der Waals surface area contributed by atoms with Gasteiger partial charge in [0, 0.05) is 0 Å². The van der Waals surface area contributed by atoms with Crippen LogP contribution in [0.5, 0.6) is 0 Å². The average molecular weight is 156 g/mol. The zero-order valence-electron chi connectivity index (χ0n) is 9.07. The SMILES string of the molecule is CCC(CC)(C(C)C)C(C)C. The van der Waals surface area contributed by atoms with Crippen molar-refractivity contribution in [1.29, 1.82) is 0 Å².